The van der Waals surface area contributed by atoms with Crippen LogP contribution < -0.4 is 21.3 Å². The maximum atomic E-state index is 12.4. The van der Waals surface area contributed by atoms with Crippen molar-refractivity contribution in [3.63, 3.8) is 0 Å². The van der Waals surface area contributed by atoms with E-state index in [1.54, 1.807) is 17.0 Å². The Morgan fingerprint density at radius 3 is 2.53 bits per heavy atom. The minimum atomic E-state index is -0.764. The number of halogens is 2. The van der Waals surface area contributed by atoms with E-state index in [2.05, 4.69) is 27.0 Å². The van der Waals surface area contributed by atoms with Gasteiger partial charge in [-0.2, -0.15) is 9.78 Å². The Bertz CT molecular complexity index is 1350. The first-order valence-electron chi connectivity index (χ1n) is 10.1. The van der Waals surface area contributed by atoms with Crippen LogP contribution in [0.25, 0.3) is 5.69 Å². The number of carbonyl (C=O) groups excluding carboxylic acids is 1. The average Bonchev–Trinajstić information content (AvgIpc) is 3.28. The van der Waals surface area contributed by atoms with Gasteiger partial charge in [-0.1, -0.05) is 43.6 Å². The van der Waals surface area contributed by atoms with E-state index in [0.717, 1.165) is 4.68 Å². The lowest BCUT2D eigenvalue weighted by atomic mass is 10.0. The molecule has 0 saturated carbocycles. The summed E-state index contributed by atoms with van der Waals surface area (Å²) in [5.74, 6) is -0.110. The van der Waals surface area contributed by atoms with Gasteiger partial charge in [0.1, 0.15) is 11.5 Å². The first-order chi connectivity index (χ1) is 16.1. The minimum absolute atomic E-state index is 0.0687. The third-order valence-corrected chi connectivity index (χ3v) is 5.24. The van der Waals surface area contributed by atoms with E-state index in [4.69, 9.17) is 27.9 Å². The van der Waals surface area contributed by atoms with Crippen molar-refractivity contribution in [2.45, 2.75) is 20.4 Å². The van der Waals surface area contributed by atoms with Crippen molar-refractivity contribution in [3.05, 3.63) is 91.4 Å². The van der Waals surface area contributed by atoms with Gasteiger partial charge in [-0.3, -0.25) is 14.6 Å². The molecule has 0 spiro atoms. The van der Waals surface area contributed by atoms with Gasteiger partial charge in [0.05, 0.1) is 28.6 Å². The highest BCUT2D eigenvalue weighted by atomic mass is 35.5. The van der Waals surface area contributed by atoms with Crippen molar-refractivity contribution >= 4 is 29.1 Å². The van der Waals surface area contributed by atoms with Crippen molar-refractivity contribution in [2.24, 2.45) is 5.92 Å². The zero-order chi connectivity index (χ0) is 25.0. The molecule has 0 radical (unpaired) electrons. The zero-order valence-corrected chi connectivity index (χ0v) is 20.1. The molecule has 0 unspecified atom stereocenters. The van der Waals surface area contributed by atoms with Gasteiger partial charge in [0.2, 0.25) is 5.91 Å². The molecule has 12 heteroatoms. The minimum Gasteiger partial charge on any atom is -0.455 e. The van der Waals surface area contributed by atoms with Crippen molar-refractivity contribution in [2.75, 3.05) is 7.05 Å². The van der Waals surface area contributed by atoms with Gasteiger partial charge in [0.25, 0.3) is 5.56 Å². The summed E-state index contributed by atoms with van der Waals surface area (Å²) >= 11 is 12.8. The molecule has 10 nitrogen and oxygen atoms in total. The second-order valence-electron chi connectivity index (χ2n) is 7.49. The highest BCUT2D eigenvalue weighted by molar-refractivity contribution is 6.37. The highest BCUT2D eigenvalue weighted by Gasteiger charge is 2.17. The van der Waals surface area contributed by atoms with E-state index in [-0.39, 0.29) is 51.3 Å². The number of benzene rings is 1. The Labute approximate surface area is 204 Å². The number of imidazole rings is 1. The lowest BCUT2D eigenvalue weighted by Gasteiger charge is -2.14. The Balaban J connectivity index is 1.94. The largest absolute Gasteiger partial charge is 0.455 e. The van der Waals surface area contributed by atoms with Gasteiger partial charge in [-0.15, -0.1) is 0 Å². The summed E-state index contributed by atoms with van der Waals surface area (Å²) in [4.78, 5) is 42.8. The monoisotopic (exact) mass is 504 g/mol. The number of likely N-dealkylation sites (N-methyl/N-ethyl adjacent to an activating group) is 1. The molecule has 1 amide bonds. The summed E-state index contributed by atoms with van der Waals surface area (Å²) < 4.78 is 8.30. The number of hydrogen-bond acceptors (Lipinski definition) is 6. The van der Waals surface area contributed by atoms with Crippen LogP contribution in [-0.4, -0.2) is 37.3 Å². The summed E-state index contributed by atoms with van der Waals surface area (Å²) in [6.07, 6.45) is 6.24. The topological polar surface area (TPSA) is 124 Å². The van der Waals surface area contributed by atoms with Crippen LogP contribution in [0.15, 0.2) is 64.4 Å². The number of ether oxygens (including phenoxy) is 1. The molecule has 2 heterocycles. The Morgan fingerprint density at radius 1 is 1.29 bits per heavy atom. The summed E-state index contributed by atoms with van der Waals surface area (Å²) in [7, 11) is 1.53. The van der Waals surface area contributed by atoms with Crippen LogP contribution >= 0.6 is 23.2 Å². The Morgan fingerprint density at radius 2 is 1.97 bits per heavy atom. The summed E-state index contributed by atoms with van der Waals surface area (Å²) in [6, 6.07) is 2.82. The van der Waals surface area contributed by atoms with E-state index in [1.165, 1.54) is 31.6 Å². The quantitative estimate of drug-likeness (QED) is 0.276. The molecule has 0 aliphatic rings. The summed E-state index contributed by atoms with van der Waals surface area (Å²) in [5.41, 5.74) is -0.623. The number of allylic oxidation sites excluding steroid dienone is 1. The fourth-order valence-electron chi connectivity index (χ4n) is 3.00. The van der Waals surface area contributed by atoms with E-state index >= 15 is 0 Å². The zero-order valence-electron chi connectivity index (χ0n) is 18.6. The van der Waals surface area contributed by atoms with E-state index < -0.39 is 11.2 Å². The molecule has 0 fully saturated rings. The summed E-state index contributed by atoms with van der Waals surface area (Å²) in [6.45, 7) is 7.64. The normalized spacial score (nSPS) is 11.5. The molecule has 0 atom stereocenters. The van der Waals surface area contributed by atoms with Gasteiger partial charge >= 0.3 is 5.69 Å². The van der Waals surface area contributed by atoms with Crippen molar-refractivity contribution in [3.8, 4) is 11.4 Å². The SMILES string of the molecule is C=C(/C=C(\C(=O)NC)C(C)C)Oc1c(Cl)cc(-n2nc(Cn3ccnc3)c(=O)[nH]c2=O)cc1Cl. The summed E-state index contributed by atoms with van der Waals surface area (Å²) in [5, 5.41) is 6.86. The third kappa shape index (κ3) is 5.64. The van der Waals surface area contributed by atoms with Crippen LogP contribution in [0, 0.1) is 5.92 Å². The van der Waals surface area contributed by atoms with Gasteiger partial charge in [-0.05, 0) is 24.1 Å². The number of hydrogen-bond donors (Lipinski definition) is 2. The first kappa shape index (κ1) is 25.0. The third-order valence-electron chi connectivity index (χ3n) is 4.68. The van der Waals surface area contributed by atoms with Crippen LogP contribution in [0.2, 0.25) is 10.0 Å². The molecule has 2 aromatic heterocycles. The number of H-pyrrole nitrogens is 1. The van der Waals surface area contributed by atoms with Gasteiger partial charge in [0.15, 0.2) is 5.75 Å². The molecule has 1 aromatic carbocycles. The van der Waals surface area contributed by atoms with E-state index in [9.17, 15) is 14.4 Å². The standard InChI is InChI=1S/C22H22Cl2N6O4/c1-12(2)15(20(31)25-4)7-13(3)34-19-16(23)8-14(9-17(19)24)30-22(33)27-21(32)18(28-30)10-29-6-5-26-11-29/h5-9,11-12H,3,10H2,1-2,4H3,(H,25,31)(H,27,32,33)/b15-7-. The number of aromatic amines is 1. The van der Waals surface area contributed by atoms with Gasteiger partial charge in [-0.25, -0.2) is 9.78 Å². The maximum Gasteiger partial charge on any atom is 0.349 e. The maximum absolute atomic E-state index is 12.4. The number of carbonyl (C=O) groups is 1. The molecule has 178 valence electrons. The molecule has 0 saturated heterocycles. The predicted octanol–water partition coefficient (Wildman–Crippen LogP) is 2.69. The van der Waals surface area contributed by atoms with Crippen molar-refractivity contribution in [1.82, 2.24) is 29.6 Å². The fourth-order valence-corrected chi connectivity index (χ4v) is 3.56. The highest BCUT2D eigenvalue weighted by Crippen LogP contribution is 2.36. The van der Waals surface area contributed by atoms with E-state index in [0.29, 0.717) is 5.57 Å². The molecular formula is C22H22Cl2N6O4. The molecule has 2 N–H and O–H groups in total. The smallest absolute Gasteiger partial charge is 0.349 e. The Kier molecular flexibility index (Phi) is 7.75. The van der Waals surface area contributed by atoms with E-state index in [1.807, 2.05) is 13.8 Å². The van der Waals surface area contributed by atoms with Gasteiger partial charge in [0, 0.05) is 25.0 Å². The van der Waals surface area contributed by atoms with Crippen molar-refractivity contribution < 1.29 is 9.53 Å². The number of amides is 1. The van der Waals surface area contributed by atoms with Crippen molar-refractivity contribution in [1.29, 1.82) is 0 Å². The number of aromatic nitrogens is 5. The second kappa shape index (κ2) is 10.5. The lowest BCUT2D eigenvalue weighted by Crippen LogP contribution is -2.34. The number of rotatable bonds is 8. The average molecular weight is 505 g/mol. The van der Waals surface area contributed by atoms with Crippen LogP contribution in [-0.2, 0) is 11.3 Å². The lowest BCUT2D eigenvalue weighted by molar-refractivity contribution is -0.117. The molecule has 0 aliphatic carbocycles. The van der Waals surface area contributed by atoms with Gasteiger partial charge < -0.3 is 14.6 Å². The molecule has 0 aliphatic heterocycles. The van der Waals surface area contributed by atoms with Crippen LogP contribution in [0.4, 0.5) is 0 Å². The number of nitrogens with zero attached hydrogens (tertiary/aromatic N) is 4. The molecule has 3 aromatic rings. The first-order valence-corrected chi connectivity index (χ1v) is 10.8. The second-order valence-corrected chi connectivity index (χ2v) is 8.31. The fraction of sp³-hybridized carbons (Fsp3) is 0.227. The predicted molar refractivity (Wildman–Crippen MR) is 129 cm³/mol. The molecule has 3 rings (SSSR count). The van der Waals surface area contributed by atoms with Crippen LogP contribution in [0.5, 0.6) is 5.75 Å². The Hall–Kier alpha value is -3.63. The number of nitrogens with one attached hydrogen (secondary N) is 2. The van der Waals surface area contributed by atoms with Crippen LogP contribution in [0.1, 0.15) is 19.5 Å². The molecular weight excluding hydrogens is 483 g/mol. The molecule has 0 bridgehead atoms. The van der Waals surface area contributed by atoms with Crippen LogP contribution in [0.3, 0.4) is 0 Å². The molecule has 34 heavy (non-hydrogen) atoms.